The Morgan fingerprint density at radius 3 is 2.37 bits per heavy atom. The second kappa shape index (κ2) is 6.55. The predicted molar refractivity (Wildman–Crippen MR) is 112 cm³/mol. The van der Waals surface area contributed by atoms with Gasteiger partial charge in [0.15, 0.2) is 0 Å². The molecule has 5 rings (SSSR count). The lowest BCUT2D eigenvalue weighted by Gasteiger charge is -2.68. The summed E-state index contributed by atoms with van der Waals surface area (Å²) in [6.45, 7) is 10.2. The minimum atomic E-state index is -1.21. The molecule has 2 aliphatic heterocycles. The van der Waals surface area contributed by atoms with Gasteiger partial charge in [0.05, 0.1) is 18.3 Å². The number of hydrogen-bond acceptors (Lipinski definition) is 5. The summed E-state index contributed by atoms with van der Waals surface area (Å²) in [7, 11) is 0. The molecule has 168 valence electrons. The molecule has 0 aromatic carbocycles. The molecule has 0 radical (unpaired) electrons. The van der Waals surface area contributed by atoms with E-state index in [1.54, 1.807) is 0 Å². The summed E-state index contributed by atoms with van der Waals surface area (Å²) in [4.78, 5) is 11.6. The molecule has 0 bridgehead atoms. The Labute approximate surface area is 180 Å². The third-order valence-electron chi connectivity index (χ3n) is 10.3. The normalized spacial score (nSPS) is 52.5. The van der Waals surface area contributed by atoms with Crippen LogP contribution in [0.25, 0.3) is 0 Å². The third-order valence-corrected chi connectivity index (χ3v) is 10.3. The van der Waals surface area contributed by atoms with E-state index in [4.69, 9.17) is 9.47 Å². The Balaban J connectivity index is 1.48. The number of cyclic esters (lactones) is 1. The molecule has 5 aliphatic rings. The fourth-order valence-electron chi connectivity index (χ4n) is 9.04. The van der Waals surface area contributed by atoms with Crippen LogP contribution in [0.3, 0.4) is 0 Å². The Kier molecular flexibility index (Phi) is 4.58. The van der Waals surface area contributed by atoms with Crippen molar-refractivity contribution < 1.29 is 24.5 Å². The van der Waals surface area contributed by atoms with E-state index in [1.165, 1.54) is 31.8 Å². The average Bonchev–Trinajstić information content (AvgIpc) is 2.98. The van der Waals surface area contributed by atoms with Crippen LogP contribution in [0.5, 0.6) is 0 Å². The van der Waals surface area contributed by atoms with Crippen molar-refractivity contribution >= 4 is 5.97 Å². The molecule has 3 saturated carbocycles. The molecule has 30 heavy (non-hydrogen) atoms. The van der Waals surface area contributed by atoms with Gasteiger partial charge in [-0.05, 0) is 78.9 Å². The average molecular weight is 419 g/mol. The van der Waals surface area contributed by atoms with Crippen LogP contribution >= 0.6 is 0 Å². The topological polar surface area (TPSA) is 76.0 Å². The van der Waals surface area contributed by atoms with E-state index in [9.17, 15) is 15.0 Å². The standard InChI is InChI=1S/C25H38O5/c1-22(2)8-5-9-23(3)17(22)6-10-24(4)18(23)7-11-25(28)14-29-16(13-19(24)25)15-12-20(26)30-21(15)27/h12,16-19,21,27-28H,5-11,13-14H2,1-4H3/t16-,17+,18-,19+,21+,23+,24-,25-/m1/s1. The summed E-state index contributed by atoms with van der Waals surface area (Å²) < 4.78 is 10.9. The highest BCUT2D eigenvalue weighted by Crippen LogP contribution is 2.70. The zero-order valence-electron chi connectivity index (χ0n) is 18.9. The molecule has 2 N–H and O–H groups in total. The van der Waals surface area contributed by atoms with Crippen LogP contribution in [-0.2, 0) is 14.3 Å². The number of aliphatic hydroxyl groups is 2. The molecule has 4 fully saturated rings. The molecule has 3 aliphatic carbocycles. The van der Waals surface area contributed by atoms with Crippen molar-refractivity contribution in [1.29, 1.82) is 0 Å². The molecule has 5 nitrogen and oxygen atoms in total. The molecule has 0 spiro atoms. The van der Waals surface area contributed by atoms with Gasteiger partial charge in [0.1, 0.15) is 0 Å². The van der Waals surface area contributed by atoms with Gasteiger partial charge >= 0.3 is 5.97 Å². The van der Waals surface area contributed by atoms with Crippen LogP contribution in [0, 0.1) is 34.0 Å². The Hall–Kier alpha value is -0.910. The van der Waals surface area contributed by atoms with E-state index in [0.717, 1.165) is 25.2 Å². The lowest BCUT2D eigenvalue weighted by Crippen LogP contribution is -2.66. The van der Waals surface area contributed by atoms with Crippen molar-refractivity contribution in [3.63, 3.8) is 0 Å². The molecule has 2 heterocycles. The maximum atomic E-state index is 11.7. The van der Waals surface area contributed by atoms with Gasteiger partial charge in [0.2, 0.25) is 6.29 Å². The maximum absolute atomic E-state index is 11.7. The summed E-state index contributed by atoms with van der Waals surface area (Å²) in [5.74, 6) is 0.929. The van der Waals surface area contributed by atoms with Crippen molar-refractivity contribution in [2.75, 3.05) is 6.61 Å². The lowest BCUT2D eigenvalue weighted by atomic mass is 9.37. The minimum absolute atomic E-state index is 0.0443. The van der Waals surface area contributed by atoms with Gasteiger partial charge in [-0.2, -0.15) is 0 Å². The first kappa shape index (κ1) is 21.0. The largest absolute Gasteiger partial charge is 0.429 e. The molecule has 0 unspecified atom stereocenters. The van der Waals surface area contributed by atoms with Gasteiger partial charge in [0.25, 0.3) is 0 Å². The molecule has 0 aromatic heterocycles. The number of rotatable bonds is 1. The summed E-state index contributed by atoms with van der Waals surface area (Å²) in [6, 6.07) is 0. The van der Waals surface area contributed by atoms with Crippen LogP contribution in [0.4, 0.5) is 0 Å². The summed E-state index contributed by atoms with van der Waals surface area (Å²) in [5.41, 5.74) is 0.449. The summed E-state index contributed by atoms with van der Waals surface area (Å²) in [6.07, 6.45) is 8.56. The van der Waals surface area contributed by atoms with E-state index in [1.807, 2.05) is 0 Å². The van der Waals surface area contributed by atoms with E-state index >= 15 is 0 Å². The highest BCUT2D eigenvalue weighted by Gasteiger charge is 2.66. The van der Waals surface area contributed by atoms with Gasteiger partial charge in [-0.15, -0.1) is 0 Å². The first-order valence-electron chi connectivity index (χ1n) is 11.9. The number of aliphatic hydroxyl groups excluding tert-OH is 1. The Morgan fingerprint density at radius 2 is 1.67 bits per heavy atom. The maximum Gasteiger partial charge on any atom is 0.333 e. The fourth-order valence-corrected chi connectivity index (χ4v) is 9.04. The van der Waals surface area contributed by atoms with Gasteiger partial charge in [-0.25, -0.2) is 4.79 Å². The Bertz CT molecular complexity index is 774. The monoisotopic (exact) mass is 418 g/mol. The van der Waals surface area contributed by atoms with Gasteiger partial charge < -0.3 is 19.7 Å². The lowest BCUT2D eigenvalue weighted by molar-refractivity contribution is -0.255. The summed E-state index contributed by atoms with van der Waals surface area (Å²) >= 11 is 0. The van der Waals surface area contributed by atoms with Crippen LogP contribution in [0.1, 0.15) is 79.1 Å². The van der Waals surface area contributed by atoms with E-state index in [0.29, 0.717) is 28.7 Å². The van der Waals surface area contributed by atoms with Crippen molar-refractivity contribution in [2.45, 2.75) is 97.1 Å². The SMILES string of the molecule is CC1(C)CCC[C@]2(C)[C@H]3CC[C@@]4(O)CO[C@@H](C5=CC(=O)O[C@@H]5O)C[C@H]4[C@]3(C)CC[C@@H]12. The van der Waals surface area contributed by atoms with Crippen LogP contribution < -0.4 is 0 Å². The summed E-state index contributed by atoms with van der Waals surface area (Å²) in [5, 5.41) is 21.8. The van der Waals surface area contributed by atoms with Crippen LogP contribution in [0.2, 0.25) is 0 Å². The first-order chi connectivity index (χ1) is 14.0. The van der Waals surface area contributed by atoms with Crippen molar-refractivity contribution in [3.8, 4) is 0 Å². The van der Waals surface area contributed by atoms with Crippen LogP contribution in [-0.4, -0.2) is 40.8 Å². The molecular formula is C25H38O5. The molecule has 0 aromatic rings. The van der Waals surface area contributed by atoms with Crippen LogP contribution in [0.15, 0.2) is 11.6 Å². The molecular weight excluding hydrogens is 380 g/mol. The zero-order chi connectivity index (χ0) is 21.5. The number of fused-ring (bicyclic) bond motifs is 5. The highest BCUT2D eigenvalue weighted by molar-refractivity contribution is 5.85. The fraction of sp³-hybridized carbons (Fsp3) is 0.880. The number of carbonyl (C=O) groups is 1. The number of esters is 1. The van der Waals surface area contributed by atoms with E-state index in [2.05, 4.69) is 27.7 Å². The molecule has 1 saturated heterocycles. The van der Waals surface area contributed by atoms with E-state index < -0.39 is 17.9 Å². The number of hydrogen-bond donors (Lipinski definition) is 2. The number of ether oxygens (including phenoxy) is 2. The van der Waals surface area contributed by atoms with Crippen molar-refractivity contribution in [2.24, 2.45) is 34.0 Å². The Morgan fingerprint density at radius 1 is 0.967 bits per heavy atom. The smallest absolute Gasteiger partial charge is 0.333 e. The molecule has 0 amide bonds. The van der Waals surface area contributed by atoms with Gasteiger partial charge in [-0.1, -0.05) is 34.1 Å². The van der Waals surface area contributed by atoms with Gasteiger partial charge in [0, 0.05) is 11.6 Å². The van der Waals surface area contributed by atoms with Gasteiger partial charge in [-0.3, -0.25) is 0 Å². The first-order valence-corrected chi connectivity index (χ1v) is 11.9. The quantitative estimate of drug-likeness (QED) is 0.630. The van der Waals surface area contributed by atoms with Crippen molar-refractivity contribution in [3.05, 3.63) is 11.6 Å². The molecule has 5 heteroatoms. The van der Waals surface area contributed by atoms with E-state index in [-0.39, 0.29) is 24.0 Å². The zero-order valence-corrected chi connectivity index (χ0v) is 18.9. The highest BCUT2D eigenvalue weighted by atomic mass is 16.6. The minimum Gasteiger partial charge on any atom is -0.429 e. The second-order valence-electron chi connectivity index (χ2n) is 12.2. The third kappa shape index (κ3) is 2.80. The van der Waals surface area contributed by atoms with Crippen molar-refractivity contribution in [1.82, 2.24) is 0 Å². The molecule has 8 atom stereocenters. The number of carbonyl (C=O) groups excluding carboxylic acids is 1. The second-order valence-corrected chi connectivity index (χ2v) is 12.2. The predicted octanol–water partition coefficient (Wildman–Crippen LogP) is 3.97.